The van der Waals surface area contributed by atoms with E-state index in [1.165, 1.54) is 24.3 Å². The Labute approximate surface area is 302 Å². The Morgan fingerprint density at radius 3 is 1.85 bits per heavy atom. The molecule has 1 heterocycles. The van der Waals surface area contributed by atoms with Crippen LogP contribution in [-0.2, 0) is 50.2 Å². The van der Waals surface area contributed by atoms with Crippen molar-refractivity contribution in [2.45, 2.75) is 90.1 Å². The van der Waals surface area contributed by atoms with Gasteiger partial charge in [-0.05, 0) is 44.2 Å². The second-order valence-electron chi connectivity index (χ2n) is 14.0. The number of nitro benzene ring substituents is 1. The SMILES string of the molecule is CC(C)C[C@H](NC(=O)[C@H](Cc1ccccc1)NC(=O)[C@H](Cc1cn(C)cn1)NC(=O)OC(C)(C)C)C(=O)N[C@@H](Cc1ccc([N+](=O)[O-])cc1)C(N)=O. The zero-order valence-electron chi connectivity index (χ0n) is 30.3. The second kappa shape index (κ2) is 18.4. The van der Waals surface area contributed by atoms with Crippen molar-refractivity contribution in [2.24, 2.45) is 18.7 Å². The summed E-state index contributed by atoms with van der Waals surface area (Å²) in [6, 6.07) is 9.72. The minimum absolute atomic E-state index is 0.00671. The van der Waals surface area contributed by atoms with Crippen LogP contribution in [0.5, 0.6) is 0 Å². The van der Waals surface area contributed by atoms with Crippen molar-refractivity contribution in [1.82, 2.24) is 30.8 Å². The number of alkyl carbamates (subject to hydrolysis) is 1. The van der Waals surface area contributed by atoms with Gasteiger partial charge in [0.2, 0.25) is 23.6 Å². The quantitative estimate of drug-likeness (QED) is 0.102. The first-order chi connectivity index (χ1) is 24.4. The van der Waals surface area contributed by atoms with Gasteiger partial charge < -0.3 is 36.3 Å². The number of benzene rings is 2. The van der Waals surface area contributed by atoms with Crippen molar-refractivity contribution < 1.29 is 33.6 Å². The molecule has 0 radical (unpaired) electrons. The number of non-ortho nitro benzene ring substituents is 1. The maximum absolute atomic E-state index is 14.0. The van der Waals surface area contributed by atoms with Gasteiger partial charge in [-0.1, -0.05) is 56.3 Å². The van der Waals surface area contributed by atoms with Gasteiger partial charge in [0.1, 0.15) is 29.8 Å². The highest BCUT2D eigenvalue weighted by Crippen LogP contribution is 2.15. The summed E-state index contributed by atoms with van der Waals surface area (Å²) in [5.74, 6) is -2.97. The topological polar surface area (TPSA) is 230 Å². The Balaban J connectivity index is 1.85. The summed E-state index contributed by atoms with van der Waals surface area (Å²) in [6.45, 7) is 8.76. The molecule has 6 N–H and O–H groups in total. The second-order valence-corrected chi connectivity index (χ2v) is 14.0. The number of primary amides is 1. The number of hydrogen-bond donors (Lipinski definition) is 5. The van der Waals surface area contributed by atoms with Crippen LogP contribution in [0.3, 0.4) is 0 Å². The first-order valence-corrected chi connectivity index (χ1v) is 16.8. The van der Waals surface area contributed by atoms with E-state index >= 15 is 0 Å². The zero-order valence-corrected chi connectivity index (χ0v) is 30.3. The van der Waals surface area contributed by atoms with Crippen LogP contribution in [0, 0.1) is 16.0 Å². The summed E-state index contributed by atoms with van der Waals surface area (Å²) in [5, 5.41) is 21.7. The Morgan fingerprint density at radius 2 is 1.33 bits per heavy atom. The summed E-state index contributed by atoms with van der Waals surface area (Å²) in [5.41, 5.74) is 6.38. The van der Waals surface area contributed by atoms with Crippen LogP contribution in [0.25, 0.3) is 0 Å². The lowest BCUT2D eigenvalue weighted by molar-refractivity contribution is -0.384. The maximum Gasteiger partial charge on any atom is 0.408 e. The van der Waals surface area contributed by atoms with Crippen molar-refractivity contribution >= 4 is 35.4 Å². The number of amides is 5. The normalized spacial score (nSPS) is 13.6. The summed E-state index contributed by atoms with van der Waals surface area (Å²) in [6.07, 6.45) is 2.58. The van der Waals surface area contributed by atoms with Crippen molar-refractivity contribution in [3.8, 4) is 0 Å². The van der Waals surface area contributed by atoms with Gasteiger partial charge in [-0.15, -0.1) is 0 Å². The van der Waals surface area contributed by atoms with Gasteiger partial charge >= 0.3 is 6.09 Å². The molecule has 0 aliphatic carbocycles. The fourth-order valence-corrected chi connectivity index (χ4v) is 5.23. The smallest absolute Gasteiger partial charge is 0.408 e. The molecule has 2 aromatic carbocycles. The molecule has 0 saturated heterocycles. The number of nitro groups is 1. The lowest BCUT2D eigenvalue weighted by Crippen LogP contribution is -2.59. The molecule has 4 atom stereocenters. The van der Waals surface area contributed by atoms with E-state index in [9.17, 15) is 34.1 Å². The van der Waals surface area contributed by atoms with Crippen LogP contribution in [0.4, 0.5) is 10.5 Å². The van der Waals surface area contributed by atoms with Crippen molar-refractivity contribution in [2.75, 3.05) is 0 Å². The number of ether oxygens (including phenoxy) is 1. The minimum Gasteiger partial charge on any atom is -0.444 e. The third-order valence-corrected chi connectivity index (χ3v) is 7.68. The monoisotopic (exact) mass is 720 g/mol. The van der Waals surface area contributed by atoms with Gasteiger partial charge in [0.25, 0.3) is 5.69 Å². The van der Waals surface area contributed by atoms with Gasteiger partial charge in [0.05, 0.1) is 16.9 Å². The molecule has 0 saturated carbocycles. The molecule has 3 aromatic rings. The van der Waals surface area contributed by atoms with Crippen LogP contribution in [-0.4, -0.2) is 74.0 Å². The van der Waals surface area contributed by atoms with E-state index in [1.54, 1.807) is 75.2 Å². The number of nitrogens with two attached hydrogens (primary N) is 1. The lowest BCUT2D eigenvalue weighted by atomic mass is 9.99. The lowest BCUT2D eigenvalue weighted by Gasteiger charge is -2.27. The van der Waals surface area contributed by atoms with Gasteiger partial charge in [-0.25, -0.2) is 9.78 Å². The van der Waals surface area contributed by atoms with Gasteiger partial charge in [-0.2, -0.15) is 0 Å². The number of rotatable bonds is 17. The summed E-state index contributed by atoms with van der Waals surface area (Å²) >= 11 is 0. The van der Waals surface area contributed by atoms with E-state index in [0.29, 0.717) is 16.8 Å². The van der Waals surface area contributed by atoms with Crippen molar-refractivity contribution in [3.05, 3.63) is 94.1 Å². The maximum atomic E-state index is 14.0. The molecule has 52 heavy (non-hydrogen) atoms. The molecule has 0 spiro atoms. The van der Waals surface area contributed by atoms with Gasteiger partial charge in [-0.3, -0.25) is 29.3 Å². The number of hydrogen-bond acceptors (Lipinski definition) is 9. The molecule has 0 unspecified atom stereocenters. The molecule has 0 aliphatic rings. The van der Waals surface area contributed by atoms with E-state index in [1.807, 2.05) is 13.8 Å². The molecular formula is C36H48N8O8. The van der Waals surface area contributed by atoms with E-state index in [-0.39, 0.29) is 37.3 Å². The standard InChI is InChI=1S/C36H48N8O8/c1-22(2)16-28(32(46)39-27(31(37)45)17-24-12-14-26(15-13-24)44(50)51)40-33(47)29(18-23-10-8-7-9-11-23)41-34(48)30(19-25-20-43(6)21-38-25)42-35(49)52-36(3,4)5/h7-15,20-22,27-30H,16-19H2,1-6H3,(H2,37,45)(H,39,46)(H,40,47)(H,41,48)(H,42,49)/t27-,28-,29-,30-/m0/s1. The number of aromatic nitrogens is 2. The Morgan fingerprint density at radius 1 is 0.808 bits per heavy atom. The van der Waals surface area contributed by atoms with Crippen LogP contribution in [0.15, 0.2) is 67.1 Å². The summed E-state index contributed by atoms with van der Waals surface area (Å²) < 4.78 is 7.08. The number of carbonyl (C=O) groups excluding carboxylic acids is 5. The molecule has 16 heteroatoms. The van der Waals surface area contributed by atoms with E-state index in [2.05, 4.69) is 26.3 Å². The average Bonchev–Trinajstić information content (AvgIpc) is 3.47. The first-order valence-electron chi connectivity index (χ1n) is 16.8. The largest absolute Gasteiger partial charge is 0.444 e. The Kier molecular flexibility index (Phi) is 14.4. The zero-order chi connectivity index (χ0) is 38.6. The van der Waals surface area contributed by atoms with Crippen molar-refractivity contribution in [1.29, 1.82) is 0 Å². The highest BCUT2D eigenvalue weighted by atomic mass is 16.6. The third-order valence-electron chi connectivity index (χ3n) is 7.68. The van der Waals surface area contributed by atoms with E-state index in [4.69, 9.17) is 10.5 Å². The summed E-state index contributed by atoms with van der Waals surface area (Å²) in [4.78, 5) is 81.4. The van der Waals surface area contributed by atoms with Crippen LogP contribution in [0.2, 0.25) is 0 Å². The first kappa shape index (κ1) is 40.6. The molecule has 0 fully saturated rings. The fourth-order valence-electron chi connectivity index (χ4n) is 5.23. The number of nitrogens with one attached hydrogen (secondary N) is 4. The molecule has 5 amide bonds. The van der Waals surface area contributed by atoms with Gasteiger partial charge in [0.15, 0.2) is 0 Å². The Hall–Kier alpha value is -5.80. The van der Waals surface area contributed by atoms with Gasteiger partial charge in [0, 0.05) is 44.6 Å². The van der Waals surface area contributed by atoms with E-state index in [0.717, 1.165) is 0 Å². The van der Waals surface area contributed by atoms with Crippen LogP contribution in [0.1, 0.15) is 57.9 Å². The number of imidazole rings is 1. The molecule has 3 rings (SSSR count). The molecule has 0 bridgehead atoms. The molecular weight excluding hydrogens is 672 g/mol. The minimum atomic E-state index is -1.20. The number of carbonyl (C=O) groups is 5. The fraction of sp³-hybridized carbons (Fsp3) is 0.444. The highest BCUT2D eigenvalue weighted by Gasteiger charge is 2.33. The number of aryl methyl sites for hydroxylation is 1. The molecule has 0 aliphatic heterocycles. The molecule has 280 valence electrons. The predicted octanol–water partition coefficient (Wildman–Crippen LogP) is 2.24. The third kappa shape index (κ3) is 13.5. The highest BCUT2D eigenvalue weighted by molar-refractivity contribution is 5.95. The average molecular weight is 721 g/mol. The number of nitrogens with zero attached hydrogens (tertiary/aromatic N) is 3. The predicted molar refractivity (Wildman–Crippen MR) is 191 cm³/mol. The van der Waals surface area contributed by atoms with E-state index < -0.39 is 64.4 Å². The molecule has 16 nitrogen and oxygen atoms in total. The Bertz CT molecular complexity index is 1700. The van der Waals surface area contributed by atoms with Crippen LogP contribution >= 0.6 is 0 Å². The van der Waals surface area contributed by atoms with Crippen LogP contribution < -0.4 is 27.0 Å². The molecule has 1 aromatic heterocycles. The summed E-state index contributed by atoms with van der Waals surface area (Å²) in [7, 11) is 1.76. The van der Waals surface area contributed by atoms with Crippen molar-refractivity contribution in [3.63, 3.8) is 0 Å².